The Hall–Kier alpha value is -2.36. The third-order valence-corrected chi connectivity index (χ3v) is 3.31. The van der Waals surface area contributed by atoms with Crippen molar-refractivity contribution >= 4 is 17.4 Å². The lowest BCUT2D eigenvalue weighted by Crippen LogP contribution is -2.27. The SMILES string of the molecule is CCc1ccc(N(C)C(=O)c2cccnc2NC)cc1. The zero-order chi connectivity index (χ0) is 14.5. The zero-order valence-corrected chi connectivity index (χ0v) is 12.1. The number of hydrogen-bond acceptors (Lipinski definition) is 3. The molecule has 1 aromatic carbocycles. The van der Waals surface area contributed by atoms with Crippen LogP contribution in [0, 0.1) is 0 Å². The van der Waals surface area contributed by atoms with Crippen molar-refractivity contribution in [2.24, 2.45) is 0 Å². The van der Waals surface area contributed by atoms with Gasteiger partial charge in [0.25, 0.3) is 5.91 Å². The second-order valence-corrected chi connectivity index (χ2v) is 4.53. The molecule has 0 aliphatic heterocycles. The molecule has 0 spiro atoms. The van der Waals surface area contributed by atoms with E-state index in [2.05, 4.69) is 17.2 Å². The second kappa shape index (κ2) is 6.19. The number of hydrogen-bond donors (Lipinski definition) is 1. The van der Waals surface area contributed by atoms with Gasteiger partial charge in [-0.1, -0.05) is 19.1 Å². The minimum Gasteiger partial charge on any atom is -0.372 e. The topological polar surface area (TPSA) is 45.2 Å². The normalized spacial score (nSPS) is 10.2. The molecule has 4 nitrogen and oxygen atoms in total. The van der Waals surface area contributed by atoms with Gasteiger partial charge < -0.3 is 10.2 Å². The Morgan fingerprint density at radius 3 is 2.55 bits per heavy atom. The number of rotatable bonds is 4. The summed E-state index contributed by atoms with van der Waals surface area (Å²) in [7, 11) is 3.53. The van der Waals surface area contributed by atoms with E-state index >= 15 is 0 Å². The minimum absolute atomic E-state index is 0.0771. The highest BCUT2D eigenvalue weighted by atomic mass is 16.2. The van der Waals surface area contributed by atoms with Gasteiger partial charge in [-0.25, -0.2) is 4.98 Å². The monoisotopic (exact) mass is 269 g/mol. The molecule has 1 N–H and O–H groups in total. The van der Waals surface area contributed by atoms with E-state index in [4.69, 9.17) is 0 Å². The lowest BCUT2D eigenvalue weighted by Gasteiger charge is -2.19. The Morgan fingerprint density at radius 1 is 1.25 bits per heavy atom. The van der Waals surface area contributed by atoms with E-state index in [9.17, 15) is 4.79 Å². The maximum atomic E-state index is 12.5. The molecule has 0 unspecified atom stereocenters. The van der Waals surface area contributed by atoms with Gasteiger partial charge in [0.2, 0.25) is 0 Å². The van der Waals surface area contributed by atoms with Crippen LogP contribution in [0.1, 0.15) is 22.8 Å². The minimum atomic E-state index is -0.0771. The van der Waals surface area contributed by atoms with E-state index in [-0.39, 0.29) is 5.91 Å². The summed E-state index contributed by atoms with van der Waals surface area (Å²) in [5.74, 6) is 0.515. The van der Waals surface area contributed by atoms with Crippen LogP contribution < -0.4 is 10.2 Å². The highest BCUT2D eigenvalue weighted by Gasteiger charge is 2.17. The molecule has 0 radical (unpaired) electrons. The van der Waals surface area contributed by atoms with Crippen LogP contribution in [0.15, 0.2) is 42.6 Å². The van der Waals surface area contributed by atoms with E-state index in [1.54, 1.807) is 37.3 Å². The van der Waals surface area contributed by atoms with Crippen LogP contribution in [0.2, 0.25) is 0 Å². The lowest BCUT2D eigenvalue weighted by molar-refractivity contribution is 0.0993. The largest absolute Gasteiger partial charge is 0.372 e. The van der Waals surface area contributed by atoms with Crippen LogP contribution in [0.25, 0.3) is 0 Å². The van der Waals surface area contributed by atoms with Crippen molar-refractivity contribution in [2.45, 2.75) is 13.3 Å². The number of amides is 1. The Balaban J connectivity index is 2.27. The second-order valence-electron chi connectivity index (χ2n) is 4.53. The van der Waals surface area contributed by atoms with Crippen LogP contribution in [-0.2, 0) is 6.42 Å². The molecule has 20 heavy (non-hydrogen) atoms. The Bertz CT molecular complexity index is 593. The Labute approximate surface area is 119 Å². The van der Waals surface area contributed by atoms with Crippen LogP contribution in [0.3, 0.4) is 0 Å². The van der Waals surface area contributed by atoms with Crippen molar-refractivity contribution < 1.29 is 4.79 Å². The van der Waals surface area contributed by atoms with Gasteiger partial charge >= 0.3 is 0 Å². The predicted octanol–water partition coefficient (Wildman–Crippen LogP) is 2.96. The number of carbonyl (C=O) groups is 1. The fourth-order valence-electron chi connectivity index (χ4n) is 2.03. The molecule has 4 heteroatoms. The summed E-state index contributed by atoms with van der Waals surface area (Å²) in [5, 5.41) is 2.94. The number of aromatic nitrogens is 1. The molecule has 2 rings (SSSR count). The van der Waals surface area contributed by atoms with Crippen LogP contribution in [0.4, 0.5) is 11.5 Å². The summed E-state index contributed by atoms with van der Waals surface area (Å²) in [5.41, 5.74) is 2.70. The average Bonchev–Trinajstić information content (AvgIpc) is 2.53. The third kappa shape index (κ3) is 2.79. The molecular weight excluding hydrogens is 250 g/mol. The molecular formula is C16H19N3O. The Kier molecular flexibility index (Phi) is 4.35. The molecule has 2 aromatic rings. The first-order chi connectivity index (χ1) is 9.67. The van der Waals surface area contributed by atoms with E-state index in [1.165, 1.54) is 5.56 Å². The van der Waals surface area contributed by atoms with Gasteiger partial charge in [0.15, 0.2) is 0 Å². The maximum absolute atomic E-state index is 12.5. The predicted molar refractivity (Wildman–Crippen MR) is 82.3 cm³/mol. The van der Waals surface area contributed by atoms with E-state index in [0.717, 1.165) is 12.1 Å². The van der Waals surface area contributed by atoms with Gasteiger partial charge in [-0.05, 0) is 36.2 Å². The standard InChI is InChI=1S/C16H19N3O/c1-4-12-7-9-13(10-8-12)19(3)16(20)14-6-5-11-18-15(14)17-2/h5-11H,4H2,1-3H3,(H,17,18). The highest BCUT2D eigenvalue weighted by Crippen LogP contribution is 2.19. The molecule has 0 aliphatic carbocycles. The number of anilines is 2. The first kappa shape index (κ1) is 14.1. The summed E-state index contributed by atoms with van der Waals surface area (Å²) in [4.78, 5) is 18.3. The molecule has 0 fully saturated rings. The van der Waals surface area contributed by atoms with Crippen LogP contribution in [0.5, 0.6) is 0 Å². The van der Waals surface area contributed by atoms with Gasteiger partial charge in [-0.15, -0.1) is 0 Å². The van der Waals surface area contributed by atoms with Gasteiger partial charge in [-0.2, -0.15) is 0 Å². The summed E-state index contributed by atoms with van der Waals surface area (Å²) >= 11 is 0. The van der Waals surface area contributed by atoms with Crippen molar-refractivity contribution in [3.63, 3.8) is 0 Å². The van der Waals surface area contributed by atoms with Gasteiger partial charge in [0.05, 0.1) is 5.56 Å². The number of pyridine rings is 1. The smallest absolute Gasteiger partial charge is 0.261 e. The van der Waals surface area contributed by atoms with Crippen molar-refractivity contribution in [1.82, 2.24) is 4.98 Å². The fraction of sp³-hybridized carbons (Fsp3) is 0.250. The highest BCUT2D eigenvalue weighted by molar-refractivity contribution is 6.08. The van der Waals surface area contributed by atoms with Gasteiger partial charge in [0.1, 0.15) is 5.82 Å². The molecule has 0 bridgehead atoms. The summed E-state index contributed by atoms with van der Waals surface area (Å²) in [6.07, 6.45) is 2.66. The van der Waals surface area contributed by atoms with Crippen molar-refractivity contribution in [2.75, 3.05) is 24.3 Å². The van der Waals surface area contributed by atoms with Crippen molar-refractivity contribution in [3.8, 4) is 0 Å². The molecule has 0 atom stereocenters. The van der Waals surface area contributed by atoms with E-state index < -0.39 is 0 Å². The molecule has 1 heterocycles. The Morgan fingerprint density at radius 2 is 1.95 bits per heavy atom. The maximum Gasteiger partial charge on any atom is 0.261 e. The van der Waals surface area contributed by atoms with Gasteiger partial charge in [0, 0.05) is 26.0 Å². The van der Waals surface area contributed by atoms with Crippen LogP contribution >= 0.6 is 0 Å². The molecule has 0 saturated carbocycles. The molecule has 1 aromatic heterocycles. The van der Waals surface area contributed by atoms with E-state index in [0.29, 0.717) is 11.4 Å². The van der Waals surface area contributed by atoms with Crippen molar-refractivity contribution in [1.29, 1.82) is 0 Å². The fourth-order valence-corrected chi connectivity index (χ4v) is 2.03. The van der Waals surface area contributed by atoms with Gasteiger partial charge in [-0.3, -0.25) is 4.79 Å². The molecule has 1 amide bonds. The van der Waals surface area contributed by atoms with Crippen LogP contribution in [-0.4, -0.2) is 25.0 Å². The molecule has 0 aliphatic rings. The molecule has 0 saturated heterocycles. The summed E-state index contributed by atoms with van der Waals surface area (Å²) in [6.45, 7) is 2.11. The average molecular weight is 269 g/mol. The van der Waals surface area contributed by atoms with E-state index in [1.807, 2.05) is 24.3 Å². The number of aryl methyl sites for hydroxylation is 1. The number of carbonyl (C=O) groups excluding carboxylic acids is 1. The number of nitrogens with zero attached hydrogens (tertiary/aromatic N) is 2. The third-order valence-electron chi connectivity index (χ3n) is 3.31. The summed E-state index contributed by atoms with van der Waals surface area (Å²) in [6, 6.07) is 11.6. The first-order valence-electron chi connectivity index (χ1n) is 6.67. The lowest BCUT2D eigenvalue weighted by atomic mass is 10.1. The number of nitrogens with one attached hydrogen (secondary N) is 1. The van der Waals surface area contributed by atoms with Crippen molar-refractivity contribution in [3.05, 3.63) is 53.7 Å². The molecule has 104 valence electrons. The quantitative estimate of drug-likeness (QED) is 0.928. The summed E-state index contributed by atoms with van der Waals surface area (Å²) < 4.78 is 0. The first-order valence-corrected chi connectivity index (χ1v) is 6.67. The zero-order valence-electron chi connectivity index (χ0n) is 12.1. The number of benzene rings is 1.